The molecule has 0 aliphatic heterocycles. The zero-order valence-electron chi connectivity index (χ0n) is 8.12. The third-order valence-corrected chi connectivity index (χ3v) is 2.24. The van der Waals surface area contributed by atoms with Gasteiger partial charge in [0.2, 0.25) is 0 Å². The molecule has 4 heteroatoms. The second-order valence-corrected chi connectivity index (χ2v) is 3.82. The van der Waals surface area contributed by atoms with Gasteiger partial charge in [-0.25, -0.2) is 4.39 Å². The molecule has 1 N–H and O–H groups in total. The van der Waals surface area contributed by atoms with Gasteiger partial charge in [-0.3, -0.25) is 0 Å². The van der Waals surface area contributed by atoms with Crippen LogP contribution in [-0.2, 0) is 11.3 Å². The maximum atomic E-state index is 13.2. The molecule has 0 heterocycles. The molecule has 2 nitrogen and oxygen atoms in total. The van der Waals surface area contributed by atoms with Crippen LogP contribution < -0.4 is 0 Å². The van der Waals surface area contributed by atoms with Crippen molar-refractivity contribution in [3.63, 3.8) is 0 Å². The third kappa shape index (κ3) is 4.55. The van der Waals surface area contributed by atoms with Crippen LogP contribution in [-0.4, -0.2) is 18.3 Å². The summed E-state index contributed by atoms with van der Waals surface area (Å²) in [4.78, 5) is 0. The molecule has 0 bridgehead atoms. The highest BCUT2D eigenvalue weighted by atomic mass is 79.9. The summed E-state index contributed by atoms with van der Waals surface area (Å²) in [6.07, 6.45) is 3.27. The largest absolute Gasteiger partial charge is 0.392 e. The minimum atomic E-state index is -0.274. The number of rotatable bonds is 5. The molecular weight excluding hydrogens is 263 g/mol. The van der Waals surface area contributed by atoms with Crippen molar-refractivity contribution in [1.29, 1.82) is 0 Å². The van der Waals surface area contributed by atoms with E-state index >= 15 is 0 Å². The van der Waals surface area contributed by atoms with Crippen molar-refractivity contribution < 1.29 is 14.2 Å². The summed E-state index contributed by atoms with van der Waals surface area (Å²) >= 11 is 3.26. The molecule has 0 radical (unpaired) electrons. The first-order chi connectivity index (χ1) is 7.24. The van der Waals surface area contributed by atoms with Crippen LogP contribution in [0.1, 0.15) is 5.56 Å². The van der Waals surface area contributed by atoms with Gasteiger partial charge < -0.3 is 9.84 Å². The molecule has 1 aromatic rings. The molecule has 0 unspecified atom stereocenters. The summed E-state index contributed by atoms with van der Waals surface area (Å²) in [5.41, 5.74) is 0.516. The molecule has 0 atom stereocenters. The smallest absolute Gasteiger partial charge is 0.128 e. The zero-order chi connectivity index (χ0) is 11.1. The molecule has 0 aliphatic rings. The topological polar surface area (TPSA) is 29.5 Å². The highest BCUT2D eigenvalue weighted by Gasteiger charge is 2.01. The van der Waals surface area contributed by atoms with Crippen LogP contribution in [0.4, 0.5) is 4.39 Å². The predicted molar refractivity (Wildman–Crippen MR) is 60.0 cm³/mol. The van der Waals surface area contributed by atoms with E-state index in [4.69, 9.17) is 9.84 Å². The Labute approximate surface area is 96.5 Å². The first kappa shape index (κ1) is 12.4. The third-order valence-electron chi connectivity index (χ3n) is 1.75. The number of hydrogen-bond acceptors (Lipinski definition) is 2. The van der Waals surface area contributed by atoms with E-state index in [-0.39, 0.29) is 19.0 Å². The van der Waals surface area contributed by atoms with Crippen molar-refractivity contribution in [1.82, 2.24) is 0 Å². The van der Waals surface area contributed by atoms with Crippen molar-refractivity contribution in [3.05, 3.63) is 46.2 Å². The van der Waals surface area contributed by atoms with E-state index < -0.39 is 0 Å². The molecule has 1 aromatic carbocycles. The Bertz CT molecular complexity index is 339. The number of hydrogen-bond donors (Lipinski definition) is 1. The first-order valence-corrected chi connectivity index (χ1v) is 5.31. The first-order valence-electron chi connectivity index (χ1n) is 4.51. The monoisotopic (exact) mass is 274 g/mol. The number of benzene rings is 1. The van der Waals surface area contributed by atoms with Crippen molar-refractivity contribution in [2.75, 3.05) is 13.2 Å². The Hall–Kier alpha value is -0.710. The van der Waals surface area contributed by atoms with Crippen LogP contribution in [0.5, 0.6) is 0 Å². The Morgan fingerprint density at radius 2 is 2.20 bits per heavy atom. The SMILES string of the molecule is OCC=CCOCc1cc(Br)ccc1F. The van der Waals surface area contributed by atoms with Crippen LogP contribution in [0.3, 0.4) is 0 Å². The molecule has 0 saturated carbocycles. The minimum Gasteiger partial charge on any atom is -0.392 e. The van der Waals surface area contributed by atoms with Gasteiger partial charge >= 0.3 is 0 Å². The molecular formula is C11H12BrFO2. The molecule has 0 spiro atoms. The second kappa shape index (κ2) is 6.71. The van der Waals surface area contributed by atoms with E-state index in [0.717, 1.165) is 4.47 Å². The van der Waals surface area contributed by atoms with E-state index in [9.17, 15) is 4.39 Å². The molecule has 1 rings (SSSR count). The fourth-order valence-electron chi connectivity index (χ4n) is 1.03. The average Bonchev–Trinajstić information content (AvgIpc) is 2.23. The molecule has 0 aliphatic carbocycles. The molecule has 0 saturated heterocycles. The van der Waals surface area contributed by atoms with Crippen LogP contribution in [0, 0.1) is 5.82 Å². The fourth-order valence-corrected chi connectivity index (χ4v) is 1.44. The van der Waals surface area contributed by atoms with E-state index in [1.807, 2.05) is 0 Å². The van der Waals surface area contributed by atoms with Gasteiger partial charge in [-0.1, -0.05) is 28.1 Å². The van der Waals surface area contributed by atoms with Crippen molar-refractivity contribution >= 4 is 15.9 Å². The van der Waals surface area contributed by atoms with Gasteiger partial charge in [0.1, 0.15) is 5.82 Å². The Kier molecular flexibility index (Phi) is 5.53. The number of aliphatic hydroxyl groups is 1. The minimum absolute atomic E-state index is 0.00535. The Morgan fingerprint density at radius 1 is 1.40 bits per heavy atom. The van der Waals surface area contributed by atoms with Crippen molar-refractivity contribution in [2.24, 2.45) is 0 Å². The highest BCUT2D eigenvalue weighted by molar-refractivity contribution is 9.10. The number of aliphatic hydroxyl groups excluding tert-OH is 1. The summed E-state index contributed by atoms with van der Waals surface area (Å²) in [6.45, 7) is 0.585. The lowest BCUT2D eigenvalue weighted by Gasteiger charge is -2.03. The highest BCUT2D eigenvalue weighted by Crippen LogP contribution is 2.16. The van der Waals surface area contributed by atoms with Gasteiger partial charge in [0.05, 0.1) is 19.8 Å². The normalized spacial score (nSPS) is 11.1. The summed E-state index contributed by atoms with van der Waals surface area (Å²) < 4.78 is 19.2. The molecule has 0 fully saturated rings. The van der Waals surface area contributed by atoms with E-state index in [0.29, 0.717) is 12.2 Å². The lowest BCUT2D eigenvalue weighted by atomic mass is 10.2. The van der Waals surface area contributed by atoms with Crippen molar-refractivity contribution in [3.8, 4) is 0 Å². The summed E-state index contributed by atoms with van der Waals surface area (Å²) in [5.74, 6) is -0.274. The van der Waals surface area contributed by atoms with Gasteiger partial charge in [-0.2, -0.15) is 0 Å². The second-order valence-electron chi connectivity index (χ2n) is 2.90. The summed E-state index contributed by atoms with van der Waals surface area (Å²) in [5, 5.41) is 8.45. The quantitative estimate of drug-likeness (QED) is 0.661. The Morgan fingerprint density at radius 3 is 2.93 bits per heavy atom. The maximum Gasteiger partial charge on any atom is 0.128 e. The number of halogens is 2. The molecule has 82 valence electrons. The van der Waals surface area contributed by atoms with Crippen LogP contribution in [0.25, 0.3) is 0 Å². The average molecular weight is 275 g/mol. The standard InChI is InChI=1S/C11H12BrFO2/c12-10-3-4-11(13)9(7-10)8-15-6-2-1-5-14/h1-4,7,14H,5-6,8H2. The van der Waals surface area contributed by atoms with E-state index in [2.05, 4.69) is 15.9 Å². The van der Waals surface area contributed by atoms with Crippen LogP contribution in [0.2, 0.25) is 0 Å². The maximum absolute atomic E-state index is 13.2. The fraction of sp³-hybridized carbons (Fsp3) is 0.273. The van der Waals surface area contributed by atoms with E-state index in [1.54, 1.807) is 24.3 Å². The summed E-state index contributed by atoms with van der Waals surface area (Å²) in [6, 6.07) is 4.72. The Balaban J connectivity index is 2.43. The zero-order valence-corrected chi connectivity index (χ0v) is 9.71. The van der Waals surface area contributed by atoms with Gasteiger partial charge in [0, 0.05) is 10.0 Å². The van der Waals surface area contributed by atoms with E-state index in [1.165, 1.54) is 6.07 Å². The molecule has 0 aromatic heterocycles. The lowest BCUT2D eigenvalue weighted by Crippen LogP contribution is -1.96. The summed E-state index contributed by atoms with van der Waals surface area (Å²) in [7, 11) is 0. The number of ether oxygens (including phenoxy) is 1. The lowest BCUT2D eigenvalue weighted by molar-refractivity contribution is 0.145. The van der Waals surface area contributed by atoms with Gasteiger partial charge in [-0.15, -0.1) is 0 Å². The van der Waals surface area contributed by atoms with Gasteiger partial charge in [0.25, 0.3) is 0 Å². The van der Waals surface area contributed by atoms with Crippen LogP contribution in [0.15, 0.2) is 34.8 Å². The van der Waals surface area contributed by atoms with Crippen LogP contribution >= 0.6 is 15.9 Å². The van der Waals surface area contributed by atoms with Crippen molar-refractivity contribution in [2.45, 2.75) is 6.61 Å². The van der Waals surface area contributed by atoms with Gasteiger partial charge in [-0.05, 0) is 18.2 Å². The molecule has 0 amide bonds. The van der Waals surface area contributed by atoms with Gasteiger partial charge in [0.15, 0.2) is 0 Å². The molecule has 15 heavy (non-hydrogen) atoms. The predicted octanol–water partition coefficient (Wildman–Crippen LogP) is 2.65.